The first-order chi connectivity index (χ1) is 8.09. The third kappa shape index (κ3) is 2.39. The summed E-state index contributed by atoms with van der Waals surface area (Å²) in [6.07, 6.45) is 5.17. The van der Waals surface area contributed by atoms with Crippen LogP contribution in [0.2, 0.25) is 0 Å². The molecule has 1 unspecified atom stereocenters. The number of pyridine rings is 1. The van der Waals surface area contributed by atoms with E-state index in [4.69, 9.17) is 5.11 Å². The first-order valence-corrected chi connectivity index (χ1v) is 5.89. The Morgan fingerprint density at radius 2 is 2.12 bits per heavy atom. The van der Waals surface area contributed by atoms with Crippen LogP contribution in [0.1, 0.15) is 29.0 Å². The van der Waals surface area contributed by atoms with Gasteiger partial charge < -0.3 is 9.67 Å². The third-order valence-corrected chi connectivity index (χ3v) is 3.07. The molecule has 0 saturated heterocycles. The van der Waals surface area contributed by atoms with Gasteiger partial charge in [0.25, 0.3) is 0 Å². The van der Waals surface area contributed by atoms with Crippen molar-refractivity contribution in [3.05, 3.63) is 52.5 Å². The van der Waals surface area contributed by atoms with Crippen LogP contribution in [0.3, 0.4) is 0 Å². The minimum absolute atomic E-state index is 0.0459. The molecule has 2 aromatic rings. The van der Waals surface area contributed by atoms with E-state index < -0.39 is 5.97 Å². The van der Waals surface area contributed by atoms with Gasteiger partial charge in [0, 0.05) is 23.1 Å². The Kier molecular flexibility index (Phi) is 3.28. The molecule has 0 bridgehead atoms. The zero-order valence-corrected chi connectivity index (χ0v) is 10.8. The van der Waals surface area contributed by atoms with Crippen molar-refractivity contribution in [2.24, 2.45) is 0 Å². The molecular weight excluding hydrogens is 284 g/mol. The van der Waals surface area contributed by atoms with Crippen LogP contribution < -0.4 is 0 Å². The summed E-state index contributed by atoms with van der Waals surface area (Å²) in [5, 5.41) is 9.12. The number of rotatable bonds is 3. The van der Waals surface area contributed by atoms with Crippen LogP contribution in [0.5, 0.6) is 0 Å². The molecule has 1 N–H and O–H groups in total. The Balaban J connectivity index is 2.44. The van der Waals surface area contributed by atoms with Crippen molar-refractivity contribution in [3.63, 3.8) is 0 Å². The average molecular weight is 295 g/mol. The number of nitrogens with zero attached hydrogens (tertiary/aromatic N) is 2. The first-order valence-electron chi connectivity index (χ1n) is 5.10. The summed E-state index contributed by atoms with van der Waals surface area (Å²) in [6.45, 7) is 1.95. The lowest BCUT2D eigenvalue weighted by atomic mass is 10.1. The zero-order chi connectivity index (χ0) is 12.4. The van der Waals surface area contributed by atoms with Crippen molar-refractivity contribution >= 4 is 21.9 Å². The lowest BCUT2D eigenvalue weighted by Gasteiger charge is -2.15. The van der Waals surface area contributed by atoms with E-state index in [-0.39, 0.29) is 11.7 Å². The summed E-state index contributed by atoms with van der Waals surface area (Å²) < 4.78 is 2.48. The van der Waals surface area contributed by atoms with Crippen molar-refractivity contribution in [3.8, 4) is 0 Å². The van der Waals surface area contributed by atoms with E-state index >= 15 is 0 Å². The fraction of sp³-hybridized carbons (Fsp3) is 0.167. The summed E-state index contributed by atoms with van der Waals surface area (Å²) in [6, 6.07) is 5.31. The van der Waals surface area contributed by atoms with Gasteiger partial charge in [-0.1, -0.05) is 0 Å². The van der Waals surface area contributed by atoms with E-state index in [9.17, 15) is 4.79 Å². The number of aromatic carboxylic acids is 1. The molecule has 4 nitrogen and oxygen atoms in total. The highest BCUT2D eigenvalue weighted by Crippen LogP contribution is 2.24. The molecule has 88 valence electrons. The third-order valence-electron chi connectivity index (χ3n) is 2.64. The molecule has 2 heterocycles. The summed E-state index contributed by atoms with van der Waals surface area (Å²) in [5.74, 6) is -0.934. The van der Waals surface area contributed by atoms with Crippen molar-refractivity contribution in [1.82, 2.24) is 9.55 Å². The minimum atomic E-state index is -0.934. The van der Waals surface area contributed by atoms with E-state index in [0.29, 0.717) is 0 Å². The van der Waals surface area contributed by atoms with Crippen molar-refractivity contribution in [1.29, 1.82) is 0 Å². The number of carbonyl (C=O) groups is 1. The molecule has 2 rings (SSSR count). The topological polar surface area (TPSA) is 55.1 Å². The average Bonchev–Trinajstić information content (AvgIpc) is 2.72. The van der Waals surface area contributed by atoms with E-state index in [0.717, 1.165) is 10.0 Å². The summed E-state index contributed by atoms with van der Waals surface area (Å²) >= 11 is 3.30. The molecule has 0 spiro atoms. The molecule has 5 heteroatoms. The smallest absolute Gasteiger partial charge is 0.352 e. The van der Waals surface area contributed by atoms with Crippen molar-refractivity contribution in [2.45, 2.75) is 13.0 Å². The quantitative estimate of drug-likeness (QED) is 0.947. The molecule has 0 aromatic carbocycles. The molecule has 1 atom stereocenters. The van der Waals surface area contributed by atoms with Crippen molar-refractivity contribution < 1.29 is 9.90 Å². The normalized spacial score (nSPS) is 12.4. The van der Waals surface area contributed by atoms with Crippen LogP contribution in [0.25, 0.3) is 0 Å². The maximum atomic E-state index is 11.1. The molecule has 0 saturated carbocycles. The van der Waals surface area contributed by atoms with E-state index in [1.165, 1.54) is 0 Å². The van der Waals surface area contributed by atoms with Gasteiger partial charge in [-0.15, -0.1) is 0 Å². The number of hydrogen-bond acceptors (Lipinski definition) is 2. The Bertz CT molecular complexity index is 537. The number of hydrogen-bond donors (Lipinski definition) is 1. The number of carboxylic acid groups (broad SMARTS) is 1. The largest absolute Gasteiger partial charge is 0.477 e. The fourth-order valence-electron chi connectivity index (χ4n) is 1.74. The monoisotopic (exact) mass is 294 g/mol. The second kappa shape index (κ2) is 4.71. The van der Waals surface area contributed by atoms with Crippen LogP contribution in [-0.2, 0) is 0 Å². The molecule has 0 aliphatic rings. The van der Waals surface area contributed by atoms with Gasteiger partial charge in [0.1, 0.15) is 5.69 Å². The SMILES string of the molecule is CC(c1ccncc1)n1cc(Br)cc1C(=O)O. The minimum Gasteiger partial charge on any atom is -0.477 e. The summed E-state index contributed by atoms with van der Waals surface area (Å²) in [4.78, 5) is 15.1. The molecule has 2 aromatic heterocycles. The van der Waals surface area contributed by atoms with Gasteiger partial charge in [-0.2, -0.15) is 0 Å². The predicted octanol–water partition coefficient (Wildman–Crippen LogP) is 2.95. The lowest BCUT2D eigenvalue weighted by Crippen LogP contribution is -2.12. The van der Waals surface area contributed by atoms with Gasteiger partial charge in [-0.25, -0.2) is 4.79 Å². The van der Waals surface area contributed by atoms with Gasteiger partial charge in [0.05, 0.1) is 6.04 Å². The fourth-order valence-corrected chi connectivity index (χ4v) is 2.18. The van der Waals surface area contributed by atoms with Gasteiger partial charge in [0.2, 0.25) is 0 Å². The molecule has 0 amide bonds. The molecule has 0 aliphatic carbocycles. The van der Waals surface area contributed by atoms with Gasteiger partial charge in [-0.05, 0) is 46.6 Å². The Morgan fingerprint density at radius 1 is 1.47 bits per heavy atom. The molecule has 17 heavy (non-hydrogen) atoms. The number of aromatic nitrogens is 2. The van der Waals surface area contributed by atoms with Gasteiger partial charge >= 0.3 is 5.97 Å². The molecule has 0 fully saturated rings. The maximum Gasteiger partial charge on any atom is 0.352 e. The zero-order valence-electron chi connectivity index (χ0n) is 9.17. The van der Waals surface area contributed by atoms with E-state index in [2.05, 4.69) is 20.9 Å². The maximum absolute atomic E-state index is 11.1. The molecule has 0 aliphatic heterocycles. The highest BCUT2D eigenvalue weighted by Gasteiger charge is 2.16. The predicted molar refractivity (Wildman–Crippen MR) is 67.1 cm³/mol. The van der Waals surface area contributed by atoms with Gasteiger partial charge in [-0.3, -0.25) is 4.98 Å². The second-order valence-corrected chi connectivity index (χ2v) is 4.63. The number of halogens is 1. The Hall–Kier alpha value is -1.62. The van der Waals surface area contributed by atoms with Gasteiger partial charge in [0.15, 0.2) is 0 Å². The lowest BCUT2D eigenvalue weighted by molar-refractivity contribution is 0.0684. The second-order valence-electron chi connectivity index (χ2n) is 3.71. The highest BCUT2D eigenvalue weighted by atomic mass is 79.9. The van der Waals surface area contributed by atoms with Crippen molar-refractivity contribution in [2.75, 3.05) is 0 Å². The van der Waals surface area contributed by atoms with Crippen LogP contribution >= 0.6 is 15.9 Å². The van der Waals surface area contributed by atoms with Crippen LogP contribution in [0.4, 0.5) is 0 Å². The van der Waals surface area contributed by atoms with Crippen LogP contribution in [0.15, 0.2) is 41.3 Å². The molecular formula is C12H11BrN2O2. The Morgan fingerprint density at radius 3 is 2.71 bits per heavy atom. The van der Waals surface area contributed by atoms with E-state index in [1.54, 1.807) is 29.2 Å². The highest BCUT2D eigenvalue weighted by molar-refractivity contribution is 9.10. The Labute approximate surface area is 107 Å². The summed E-state index contributed by atoms with van der Waals surface area (Å²) in [5.41, 5.74) is 1.28. The van der Waals surface area contributed by atoms with Crippen LogP contribution in [0, 0.1) is 0 Å². The summed E-state index contributed by atoms with van der Waals surface area (Å²) in [7, 11) is 0. The molecule has 0 radical (unpaired) electrons. The first kappa shape index (κ1) is 11.9. The standard InChI is InChI=1S/C12H11BrN2O2/c1-8(9-2-4-14-5-3-9)15-7-10(13)6-11(15)12(16)17/h2-8H,1H3,(H,16,17). The van der Waals surface area contributed by atoms with E-state index in [1.807, 2.05) is 19.1 Å². The number of carboxylic acids is 1. The van der Waals surface area contributed by atoms with Crippen LogP contribution in [-0.4, -0.2) is 20.6 Å².